The summed E-state index contributed by atoms with van der Waals surface area (Å²) >= 11 is 1.27. The van der Waals surface area contributed by atoms with Crippen molar-refractivity contribution in [3.05, 3.63) is 23.8 Å². The number of aromatic nitrogens is 2. The smallest absolute Gasteiger partial charge is 0.313 e. The van der Waals surface area contributed by atoms with E-state index in [0.29, 0.717) is 6.61 Å². The number of para-hydroxylation sites is 1. The monoisotopic (exact) mass is 292 g/mol. The molecule has 1 atom stereocenters. The zero-order valence-corrected chi connectivity index (χ0v) is 12.0. The highest BCUT2D eigenvalue weighted by molar-refractivity contribution is 7.99. The average Bonchev–Trinajstić information content (AvgIpc) is 3.03. The number of hydrogen-bond acceptors (Lipinski definition) is 4. The lowest BCUT2D eigenvalue weighted by Gasteiger charge is -2.15. The molecule has 2 heterocycles. The van der Waals surface area contributed by atoms with Gasteiger partial charge in [0.2, 0.25) is 0 Å². The van der Waals surface area contributed by atoms with E-state index in [-0.39, 0.29) is 11.8 Å². The molecule has 1 aromatic carbocycles. The Bertz CT molecular complexity index is 647. The molecule has 6 heteroatoms. The zero-order valence-electron chi connectivity index (χ0n) is 11.2. The molecule has 1 unspecified atom stereocenters. The van der Waals surface area contributed by atoms with Crippen LogP contribution in [0.25, 0.3) is 11.0 Å². The molecule has 1 fully saturated rings. The Balaban J connectivity index is 2.09. The molecular formula is C14H16N2O3S. The maximum Gasteiger partial charge on any atom is 0.313 e. The van der Waals surface area contributed by atoms with Crippen molar-refractivity contribution in [2.24, 2.45) is 0 Å². The lowest BCUT2D eigenvalue weighted by atomic mass is 10.2. The second-order valence-corrected chi connectivity index (χ2v) is 5.85. The molecule has 20 heavy (non-hydrogen) atoms. The number of hydrogen-bond donors (Lipinski definition) is 1. The molecule has 1 aliphatic heterocycles. The number of thioether (sulfide) groups is 1. The van der Waals surface area contributed by atoms with E-state index >= 15 is 0 Å². The quantitative estimate of drug-likeness (QED) is 0.877. The lowest BCUT2D eigenvalue weighted by molar-refractivity contribution is -0.133. The van der Waals surface area contributed by atoms with Gasteiger partial charge in [0.15, 0.2) is 5.16 Å². The molecule has 0 aliphatic carbocycles. The summed E-state index contributed by atoms with van der Waals surface area (Å²) in [4.78, 5) is 15.4. The molecule has 106 valence electrons. The van der Waals surface area contributed by atoms with Crippen LogP contribution in [-0.2, 0) is 9.53 Å². The Hall–Kier alpha value is -1.53. The van der Waals surface area contributed by atoms with Crippen LogP contribution >= 0.6 is 11.8 Å². The van der Waals surface area contributed by atoms with Crippen molar-refractivity contribution in [1.29, 1.82) is 0 Å². The molecule has 0 amide bonds. The van der Waals surface area contributed by atoms with Crippen LogP contribution in [0.15, 0.2) is 23.4 Å². The van der Waals surface area contributed by atoms with Crippen LogP contribution in [0.2, 0.25) is 0 Å². The molecular weight excluding hydrogens is 276 g/mol. The molecule has 0 spiro atoms. The summed E-state index contributed by atoms with van der Waals surface area (Å²) in [5, 5.41) is 9.65. The SMILES string of the molecule is Cc1cccc2nc(SCC(=O)O)n(C3CCOC3)c12. The maximum atomic E-state index is 10.8. The van der Waals surface area contributed by atoms with Crippen LogP contribution in [0, 0.1) is 6.92 Å². The number of imidazole rings is 1. The van der Waals surface area contributed by atoms with Crippen LogP contribution in [-0.4, -0.2) is 39.6 Å². The number of benzene rings is 1. The predicted molar refractivity (Wildman–Crippen MR) is 77.3 cm³/mol. The van der Waals surface area contributed by atoms with Gasteiger partial charge in [-0.25, -0.2) is 4.98 Å². The predicted octanol–water partition coefficient (Wildman–Crippen LogP) is 2.48. The second-order valence-electron chi connectivity index (χ2n) is 4.91. The number of ether oxygens (including phenoxy) is 1. The third kappa shape index (κ3) is 2.41. The fourth-order valence-electron chi connectivity index (χ4n) is 2.59. The van der Waals surface area contributed by atoms with Crippen molar-refractivity contribution < 1.29 is 14.6 Å². The van der Waals surface area contributed by atoms with Crippen LogP contribution in [0.4, 0.5) is 0 Å². The minimum atomic E-state index is -0.826. The summed E-state index contributed by atoms with van der Waals surface area (Å²) in [5.74, 6) is -0.802. The van der Waals surface area contributed by atoms with Crippen LogP contribution in [0.5, 0.6) is 0 Å². The van der Waals surface area contributed by atoms with Gasteiger partial charge in [0.25, 0.3) is 0 Å². The van der Waals surface area contributed by atoms with E-state index in [0.717, 1.165) is 34.8 Å². The Morgan fingerprint density at radius 3 is 3.15 bits per heavy atom. The van der Waals surface area contributed by atoms with Crippen molar-refractivity contribution in [3.8, 4) is 0 Å². The van der Waals surface area contributed by atoms with E-state index < -0.39 is 5.97 Å². The molecule has 1 N–H and O–H groups in total. The first-order chi connectivity index (χ1) is 9.66. The van der Waals surface area contributed by atoms with Gasteiger partial charge in [-0.1, -0.05) is 23.9 Å². The fourth-order valence-corrected chi connectivity index (χ4v) is 3.39. The van der Waals surface area contributed by atoms with E-state index in [2.05, 4.69) is 22.5 Å². The van der Waals surface area contributed by atoms with Crippen molar-refractivity contribution in [2.45, 2.75) is 24.5 Å². The number of aryl methyl sites for hydroxylation is 1. The fraction of sp³-hybridized carbons (Fsp3) is 0.429. The van der Waals surface area contributed by atoms with Gasteiger partial charge in [-0.15, -0.1) is 0 Å². The van der Waals surface area contributed by atoms with E-state index in [9.17, 15) is 4.79 Å². The van der Waals surface area contributed by atoms with Gasteiger partial charge < -0.3 is 14.4 Å². The van der Waals surface area contributed by atoms with Gasteiger partial charge >= 0.3 is 5.97 Å². The second kappa shape index (κ2) is 5.46. The van der Waals surface area contributed by atoms with E-state index in [1.54, 1.807) is 0 Å². The molecule has 0 saturated carbocycles. The van der Waals surface area contributed by atoms with Crippen molar-refractivity contribution in [2.75, 3.05) is 19.0 Å². The molecule has 3 rings (SSSR count). The van der Waals surface area contributed by atoms with Crippen LogP contribution in [0.1, 0.15) is 18.0 Å². The van der Waals surface area contributed by atoms with E-state index in [1.807, 2.05) is 12.1 Å². The Morgan fingerprint density at radius 1 is 1.60 bits per heavy atom. The number of fused-ring (bicyclic) bond motifs is 1. The molecule has 0 bridgehead atoms. The number of carboxylic acids is 1. The average molecular weight is 292 g/mol. The van der Waals surface area contributed by atoms with Gasteiger partial charge in [0.1, 0.15) is 0 Å². The minimum Gasteiger partial charge on any atom is -0.481 e. The summed E-state index contributed by atoms with van der Waals surface area (Å²) in [6.07, 6.45) is 0.945. The van der Waals surface area contributed by atoms with Crippen molar-refractivity contribution >= 4 is 28.8 Å². The highest BCUT2D eigenvalue weighted by Crippen LogP contribution is 2.32. The Kier molecular flexibility index (Phi) is 3.67. The topological polar surface area (TPSA) is 64.3 Å². The summed E-state index contributed by atoms with van der Waals surface area (Å²) < 4.78 is 7.63. The first kappa shape index (κ1) is 13.5. The summed E-state index contributed by atoms with van der Waals surface area (Å²) in [6, 6.07) is 6.25. The Morgan fingerprint density at radius 2 is 2.45 bits per heavy atom. The number of aliphatic carboxylic acids is 1. The number of rotatable bonds is 4. The van der Waals surface area contributed by atoms with Crippen LogP contribution < -0.4 is 0 Å². The third-order valence-electron chi connectivity index (χ3n) is 3.48. The van der Waals surface area contributed by atoms with E-state index in [4.69, 9.17) is 9.84 Å². The maximum absolute atomic E-state index is 10.8. The lowest BCUT2D eigenvalue weighted by Crippen LogP contribution is -2.11. The van der Waals surface area contributed by atoms with Gasteiger partial charge in [-0.2, -0.15) is 0 Å². The summed E-state index contributed by atoms with van der Waals surface area (Å²) in [6.45, 7) is 3.47. The molecule has 1 aliphatic rings. The highest BCUT2D eigenvalue weighted by Gasteiger charge is 2.24. The van der Waals surface area contributed by atoms with Gasteiger partial charge in [-0.3, -0.25) is 4.79 Å². The van der Waals surface area contributed by atoms with Gasteiger partial charge in [0, 0.05) is 6.61 Å². The van der Waals surface area contributed by atoms with Crippen molar-refractivity contribution in [1.82, 2.24) is 9.55 Å². The van der Waals surface area contributed by atoms with Gasteiger partial charge in [0.05, 0.1) is 29.4 Å². The first-order valence-electron chi connectivity index (χ1n) is 6.56. The Labute approximate surface area is 120 Å². The minimum absolute atomic E-state index is 0.0238. The molecule has 1 saturated heterocycles. The zero-order chi connectivity index (χ0) is 14.1. The third-order valence-corrected chi connectivity index (χ3v) is 4.41. The van der Waals surface area contributed by atoms with E-state index in [1.165, 1.54) is 11.8 Å². The standard InChI is InChI=1S/C14H16N2O3S/c1-9-3-2-4-11-13(9)16(10-5-6-19-7-10)14(15-11)20-8-12(17)18/h2-4,10H,5-8H2,1H3,(H,17,18). The molecule has 0 radical (unpaired) electrons. The number of nitrogens with zero attached hydrogens (tertiary/aromatic N) is 2. The number of carboxylic acid groups (broad SMARTS) is 1. The highest BCUT2D eigenvalue weighted by atomic mass is 32.2. The van der Waals surface area contributed by atoms with Crippen LogP contribution in [0.3, 0.4) is 0 Å². The summed E-state index contributed by atoms with van der Waals surface area (Å²) in [7, 11) is 0. The molecule has 5 nitrogen and oxygen atoms in total. The normalized spacial score (nSPS) is 18.8. The van der Waals surface area contributed by atoms with Gasteiger partial charge in [-0.05, 0) is 25.0 Å². The molecule has 2 aromatic rings. The number of carbonyl (C=O) groups is 1. The molecule has 1 aromatic heterocycles. The first-order valence-corrected chi connectivity index (χ1v) is 7.55. The van der Waals surface area contributed by atoms with Crippen molar-refractivity contribution in [3.63, 3.8) is 0 Å². The largest absolute Gasteiger partial charge is 0.481 e. The summed E-state index contributed by atoms with van der Waals surface area (Å²) in [5.41, 5.74) is 3.17.